The Kier molecular flexibility index (Phi) is 7.64. The third-order valence-corrected chi connectivity index (χ3v) is 11.7. The number of para-hydroxylation sites is 1. The number of thiophene rings is 1. The summed E-state index contributed by atoms with van der Waals surface area (Å²) in [6.45, 7) is 0. The molecular formula is C51H31N3OS. The summed E-state index contributed by atoms with van der Waals surface area (Å²) in [5.41, 5.74) is 11.2. The van der Waals surface area contributed by atoms with Crippen LogP contribution < -0.4 is 0 Å². The zero-order valence-electron chi connectivity index (χ0n) is 30.1. The van der Waals surface area contributed by atoms with Gasteiger partial charge in [-0.2, -0.15) is 0 Å². The molecule has 11 aromatic rings. The van der Waals surface area contributed by atoms with Gasteiger partial charge in [0.15, 0.2) is 17.5 Å². The molecule has 262 valence electrons. The van der Waals surface area contributed by atoms with Crippen molar-refractivity contribution in [1.29, 1.82) is 0 Å². The van der Waals surface area contributed by atoms with Crippen molar-refractivity contribution in [3.8, 4) is 67.5 Å². The summed E-state index contributed by atoms with van der Waals surface area (Å²) in [6, 6.07) is 65.5. The quantitative estimate of drug-likeness (QED) is 0.171. The van der Waals surface area contributed by atoms with E-state index in [1.54, 1.807) is 0 Å². The molecule has 0 unspecified atom stereocenters. The van der Waals surface area contributed by atoms with Crippen LogP contribution in [0.4, 0.5) is 0 Å². The molecule has 0 radical (unpaired) electrons. The van der Waals surface area contributed by atoms with Crippen molar-refractivity contribution in [2.24, 2.45) is 0 Å². The van der Waals surface area contributed by atoms with E-state index in [0.29, 0.717) is 17.5 Å². The van der Waals surface area contributed by atoms with Crippen LogP contribution in [-0.4, -0.2) is 15.0 Å². The van der Waals surface area contributed by atoms with Crippen molar-refractivity contribution >= 4 is 53.4 Å². The lowest BCUT2D eigenvalue weighted by molar-refractivity contribution is 0.670. The van der Waals surface area contributed by atoms with Gasteiger partial charge in [0.05, 0.1) is 0 Å². The Morgan fingerprint density at radius 3 is 1.70 bits per heavy atom. The van der Waals surface area contributed by atoms with E-state index in [9.17, 15) is 0 Å². The molecule has 0 atom stereocenters. The molecule has 4 nitrogen and oxygen atoms in total. The molecule has 56 heavy (non-hydrogen) atoms. The van der Waals surface area contributed by atoms with Crippen molar-refractivity contribution in [3.05, 3.63) is 188 Å². The molecule has 0 aliphatic rings. The fourth-order valence-corrected chi connectivity index (χ4v) is 9.09. The van der Waals surface area contributed by atoms with Gasteiger partial charge in [0, 0.05) is 53.2 Å². The summed E-state index contributed by atoms with van der Waals surface area (Å²) in [6.07, 6.45) is 0. The number of rotatable bonds is 6. The van der Waals surface area contributed by atoms with Crippen LogP contribution in [0.1, 0.15) is 0 Å². The Morgan fingerprint density at radius 2 is 0.911 bits per heavy atom. The molecule has 0 N–H and O–H groups in total. The first-order valence-electron chi connectivity index (χ1n) is 18.7. The highest BCUT2D eigenvalue weighted by atomic mass is 32.1. The first-order chi connectivity index (χ1) is 27.7. The largest absolute Gasteiger partial charge is 0.455 e. The number of aromatic nitrogens is 3. The van der Waals surface area contributed by atoms with E-state index in [0.717, 1.165) is 60.9 Å². The number of benzene rings is 8. The van der Waals surface area contributed by atoms with Gasteiger partial charge in [-0.15, -0.1) is 11.3 Å². The summed E-state index contributed by atoms with van der Waals surface area (Å²) in [5.74, 6) is 1.82. The highest BCUT2D eigenvalue weighted by molar-refractivity contribution is 7.26. The summed E-state index contributed by atoms with van der Waals surface area (Å²) in [7, 11) is 0. The lowest BCUT2D eigenvalue weighted by Crippen LogP contribution is -2.00. The summed E-state index contributed by atoms with van der Waals surface area (Å²) in [4.78, 5) is 15.4. The Morgan fingerprint density at radius 1 is 0.339 bits per heavy atom. The van der Waals surface area contributed by atoms with Gasteiger partial charge in [-0.3, -0.25) is 0 Å². The fraction of sp³-hybridized carbons (Fsp3) is 0. The molecule has 0 spiro atoms. The number of hydrogen-bond acceptors (Lipinski definition) is 5. The molecule has 0 saturated heterocycles. The maximum atomic E-state index is 6.91. The van der Waals surface area contributed by atoms with E-state index in [2.05, 4.69) is 140 Å². The third-order valence-electron chi connectivity index (χ3n) is 10.5. The first kappa shape index (κ1) is 32.2. The van der Waals surface area contributed by atoms with Crippen LogP contribution >= 0.6 is 11.3 Å². The van der Waals surface area contributed by atoms with Crippen LogP contribution in [-0.2, 0) is 0 Å². The highest BCUT2D eigenvalue weighted by Gasteiger charge is 2.22. The van der Waals surface area contributed by atoms with Gasteiger partial charge in [0.2, 0.25) is 0 Å². The average molecular weight is 734 g/mol. The minimum Gasteiger partial charge on any atom is -0.455 e. The molecule has 0 aliphatic carbocycles. The molecule has 0 saturated carbocycles. The van der Waals surface area contributed by atoms with Crippen molar-refractivity contribution in [1.82, 2.24) is 15.0 Å². The topological polar surface area (TPSA) is 51.8 Å². The van der Waals surface area contributed by atoms with E-state index in [4.69, 9.17) is 19.4 Å². The monoisotopic (exact) mass is 733 g/mol. The number of fused-ring (bicyclic) bond motifs is 6. The van der Waals surface area contributed by atoms with Gasteiger partial charge in [-0.25, -0.2) is 15.0 Å². The number of nitrogens with zero attached hydrogens (tertiary/aromatic N) is 3. The standard InChI is InChI=1S/C51H31N3OS/c1-4-15-32(16-5-1)35-21-12-22-36(29-35)50-52-49(34-19-8-3-9-20-34)53-51(54-50)41-26-14-27-43-46(41)40-25-13-24-38(48(40)55-43)42-30-37(33-17-6-2-7-18-33)31-45-47(42)39-23-10-11-28-44(39)56-45/h1-31H. The number of hydrogen-bond donors (Lipinski definition) is 0. The van der Waals surface area contributed by atoms with Crippen molar-refractivity contribution in [2.75, 3.05) is 0 Å². The zero-order valence-corrected chi connectivity index (χ0v) is 30.9. The second-order valence-corrected chi connectivity index (χ2v) is 15.0. The summed E-state index contributed by atoms with van der Waals surface area (Å²) >= 11 is 1.83. The first-order valence-corrected chi connectivity index (χ1v) is 19.5. The van der Waals surface area contributed by atoms with Crippen LogP contribution in [0.15, 0.2) is 192 Å². The SMILES string of the molecule is c1ccc(-c2cccc(-c3nc(-c4ccccc4)nc(-c4cccc5oc6c(-c7cc(-c8ccccc8)cc8sc9ccccc9c78)cccc6c45)n3)c2)cc1. The molecule has 0 amide bonds. The third kappa shape index (κ3) is 5.48. The fourth-order valence-electron chi connectivity index (χ4n) is 7.92. The predicted octanol–water partition coefficient (Wildman–Crippen LogP) is 14.1. The molecule has 3 aromatic heterocycles. The Bertz CT molecular complexity index is 3240. The molecule has 0 fully saturated rings. The van der Waals surface area contributed by atoms with Crippen molar-refractivity contribution in [2.45, 2.75) is 0 Å². The minimum absolute atomic E-state index is 0.593. The maximum Gasteiger partial charge on any atom is 0.164 e. The van der Waals surface area contributed by atoms with Crippen molar-refractivity contribution < 1.29 is 4.42 Å². The smallest absolute Gasteiger partial charge is 0.164 e. The highest BCUT2D eigenvalue weighted by Crippen LogP contribution is 2.46. The van der Waals surface area contributed by atoms with Crippen molar-refractivity contribution in [3.63, 3.8) is 0 Å². The molecule has 5 heteroatoms. The summed E-state index contributed by atoms with van der Waals surface area (Å²) < 4.78 is 9.42. The van der Waals surface area contributed by atoms with Crippen LogP contribution in [0.2, 0.25) is 0 Å². The van der Waals surface area contributed by atoms with E-state index in [1.807, 2.05) is 59.9 Å². The minimum atomic E-state index is 0.593. The summed E-state index contributed by atoms with van der Waals surface area (Å²) in [5, 5.41) is 4.48. The molecule has 8 aromatic carbocycles. The molecule has 0 bridgehead atoms. The van der Waals surface area contributed by atoms with Crippen LogP contribution in [0.25, 0.3) is 110 Å². The zero-order chi connectivity index (χ0) is 37.0. The second-order valence-electron chi connectivity index (χ2n) is 13.9. The Hall–Kier alpha value is -7.21. The lowest BCUT2D eigenvalue weighted by Gasteiger charge is -2.11. The maximum absolute atomic E-state index is 6.91. The normalized spacial score (nSPS) is 11.6. The van der Waals surface area contributed by atoms with Crippen LogP contribution in [0.3, 0.4) is 0 Å². The Balaban J connectivity index is 1.14. The molecule has 3 heterocycles. The van der Waals surface area contributed by atoms with Crippen LogP contribution in [0.5, 0.6) is 0 Å². The van der Waals surface area contributed by atoms with Gasteiger partial charge in [0.25, 0.3) is 0 Å². The van der Waals surface area contributed by atoms with Gasteiger partial charge in [-0.1, -0.05) is 158 Å². The Labute approximate surface area is 327 Å². The van der Waals surface area contributed by atoms with Crippen LogP contribution in [0, 0.1) is 0 Å². The molecular weight excluding hydrogens is 703 g/mol. The molecule has 11 rings (SSSR count). The lowest BCUT2D eigenvalue weighted by atomic mass is 9.93. The van der Waals surface area contributed by atoms with Gasteiger partial charge >= 0.3 is 0 Å². The second kappa shape index (κ2) is 13.3. The molecule has 0 aliphatic heterocycles. The van der Waals surface area contributed by atoms with Gasteiger partial charge in [-0.05, 0) is 58.1 Å². The van der Waals surface area contributed by atoms with E-state index >= 15 is 0 Å². The number of furan rings is 1. The van der Waals surface area contributed by atoms with Gasteiger partial charge < -0.3 is 4.42 Å². The predicted molar refractivity (Wildman–Crippen MR) is 233 cm³/mol. The van der Waals surface area contributed by atoms with E-state index < -0.39 is 0 Å². The average Bonchev–Trinajstić information content (AvgIpc) is 3.86. The van der Waals surface area contributed by atoms with E-state index in [-0.39, 0.29) is 0 Å². The van der Waals surface area contributed by atoms with E-state index in [1.165, 1.54) is 31.3 Å². The van der Waals surface area contributed by atoms with Gasteiger partial charge in [0.1, 0.15) is 11.2 Å².